The van der Waals surface area contributed by atoms with E-state index in [-0.39, 0.29) is 16.7 Å². The molecule has 0 bridgehead atoms. The average Bonchev–Trinajstić information content (AvgIpc) is 3.29. The van der Waals surface area contributed by atoms with Gasteiger partial charge in [-0.05, 0) is 49.2 Å². The van der Waals surface area contributed by atoms with Crippen molar-refractivity contribution in [2.45, 2.75) is 71.0 Å². The lowest BCUT2D eigenvalue weighted by molar-refractivity contribution is -0.116. The third-order valence-electron chi connectivity index (χ3n) is 7.45. The lowest BCUT2D eigenvalue weighted by atomic mass is 10.1. The number of carbonyl (C=O) groups excluding carboxylic acids is 1. The van der Waals surface area contributed by atoms with Crippen molar-refractivity contribution >= 4 is 47.7 Å². The zero-order chi connectivity index (χ0) is 28.2. The number of amides is 1. The lowest BCUT2D eigenvalue weighted by Gasteiger charge is -2.36. The topological polar surface area (TPSA) is 122 Å². The van der Waals surface area contributed by atoms with Crippen LogP contribution in [0.4, 0.5) is 11.6 Å². The van der Waals surface area contributed by atoms with Crippen LogP contribution in [0.1, 0.15) is 52.9 Å². The molecule has 10 heteroatoms. The highest BCUT2D eigenvalue weighted by molar-refractivity contribution is 6.74. The van der Waals surface area contributed by atoms with Gasteiger partial charge in [0.05, 0.1) is 5.56 Å². The lowest BCUT2D eigenvalue weighted by Crippen LogP contribution is -2.40. The molecular weight excluding hydrogens is 510 g/mol. The van der Waals surface area contributed by atoms with Gasteiger partial charge < -0.3 is 24.6 Å². The minimum absolute atomic E-state index is 0.0684. The van der Waals surface area contributed by atoms with Crippen LogP contribution >= 0.6 is 0 Å². The molecule has 0 atom stereocenters. The number of nitrogens with one attached hydrogen (secondary N) is 2. The molecule has 3 N–H and O–H groups in total. The fourth-order valence-electron chi connectivity index (χ4n) is 4.09. The molecule has 0 fully saturated rings. The quantitative estimate of drug-likeness (QED) is 0.134. The average molecular weight is 550 g/mol. The number of hydrogen-bond acceptors (Lipinski definition) is 8. The second-order valence-electron chi connectivity index (χ2n) is 11.4. The van der Waals surface area contributed by atoms with Gasteiger partial charge in [-0.3, -0.25) is 4.79 Å². The van der Waals surface area contributed by atoms with Gasteiger partial charge in [0.15, 0.2) is 13.9 Å². The fourth-order valence-corrected chi connectivity index (χ4v) is 5.18. The van der Waals surface area contributed by atoms with Gasteiger partial charge in [0, 0.05) is 49.3 Å². The minimum atomic E-state index is -1.70. The van der Waals surface area contributed by atoms with Gasteiger partial charge >= 0.3 is 0 Å². The molecule has 4 rings (SSSR count). The van der Waals surface area contributed by atoms with Crippen molar-refractivity contribution in [2.24, 2.45) is 0 Å². The van der Waals surface area contributed by atoms with E-state index in [4.69, 9.17) is 8.84 Å². The molecule has 0 aliphatic rings. The number of oxazole rings is 1. The number of anilines is 2. The summed E-state index contributed by atoms with van der Waals surface area (Å²) in [5.41, 5.74) is 1.77. The molecular formula is C29H39N5O4Si. The van der Waals surface area contributed by atoms with Crippen molar-refractivity contribution in [2.75, 3.05) is 24.3 Å². The Morgan fingerprint density at radius 3 is 2.56 bits per heavy atom. The fraction of sp³-hybridized carbons (Fsp3) is 0.448. The number of benzene rings is 1. The van der Waals surface area contributed by atoms with Gasteiger partial charge in [0.2, 0.25) is 11.8 Å². The summed E-state index contributed by atoms with van der Waals surface area (Å²) in [6, 6.07) is 6.59. The van der Waals surface area contributed by atoms with E-state index >= 15 is 0 Å². The van der Waals surface area contributed by atoms with Gasteiger partial charge in [-0.1, -0.05) is 33.6 Å². The van der Waals surface area contributed by atoms with Gasteiger partial charge in [0.25, 0.3) is 0 Å². The molecule has 208 valence electrons. The molecule has 0 aliphatic heterocycles. The van der Waals surface area contributed by atoms with Gasteiger partial charge in [-0.15, -0.1) is 0 Å². The SMILES string of the molecule is CNc1ncc(-c2nc3cc(O)ccc3o2)c2cc(NC(=O)CCCCCCO[Si](C)(C)C(C)(C)C)ncc12. The van der Waals surface area contributed by atoms with Gasteiger partial charge in [0.1, 0.15) is 22.9 Å². The maximum Gasteiger partial charge on any atom is 0.229 e. The Bertz CT molecular complexity index is 1460. The Kier molecular flexibility index (Phi) is 8.56. The van der Waals surface area contributed by atoms with Gasteiger partial charge in [-0.25, -0.2) is 15.0 Å². The zero-order valence-corrected chi connectivity index (χ0v) is 24.7. The highest BCUT2D eigenvalue weighted by Crippen LogP contribution is 2.37. The first-order chi connectivity index (χ1) is 18.5. The molecule has 9 nitrogen and oxygen atoms in total. The summed E-state index contributed by atoms with van der Waals surface area (Å²) in [7, 11) is 0.0943. The molecule has 3 heterocycles. The predicted octanol–water partition coefficient (Wildman–Crippen LogP) is 7.10. The van der Waals surface area contributed by atoms with Crippen LogP contribution in [0, 0.1) is 0 Å². The molecule has 3 aromatic heterocycles. The highest BCUT2D eigenvalue weighted by atomic mass is 28.4. The molecule has 1 aromatic carbocycles. The zero-order valence-electron chi connectivity index (χ0n) is 23.7. The number of hydrogen-bond donors (Lipinski definition) is 3. The smallest absolute Gasteiger partial charge is 0.229 e. The number of phenolic OH excluding ortho intramolecular Hbond substituents is 1. The van der Waals surface area contributed by atoms with E-state index in [1.807, 2.05) is 6.07 Å². The summed E-state index contributed by atoms with van der Waals surface area (Å²) >= 11 is 0. The number of unbranched alkanes of at least 4 members (excludes halogenated alkanes) is 3. The van der Waals surface area contributed by atoms with Crippen molar-refractivity contribution in [3.05, 3.63) is 36.7 Å². The molecule has 1 amide bonds. The maximum atomic E-state index is 12.7. The third kappa shape index (κ3) is 6.74. The van der Waals surface area contributed by atoms with E-state index in [0.717, 1.165) is 43.1 Å². The Labute approximate surface area is 230 Å². The standard InChI is InChI=1S/C29H39N5O4Si/c1-29(2,3)39(5,6)37-14-10-8-7-9-11-26(36)34-25-16-20-21(17-31-25)27(30-4)32-18-22(20)28-33-23-15-19(35)12-13-24(23)38-28/h12-13,15-18,35H,7-11,14H2,1-6H3,(H,30,32)(H,31,34,36). The monoisotopic (exact) mass is 549 g/mol. The van der Waals surface area contributed by atoms with Crippen molar-refractivity contribution in [3.8, 4) is 17.2 Å². The first kappa shape index (κ1) is 28.5. The van der Waals surface area contributed by atoms with E-state index in [1.165, 1.54) is 0 Å². The molecule has 39 heavy (non-hydrogen) atoms. The Balaban J connectivity index is 1.38. The third-order valence-corrected chi connectivity index (χ3v) is 12.0. The van der Waals surface area contributed by atoms with E-state index < -0.39 is 8.32 Å². The summed E-state index contributed by atoms with van der Waals surface area (Å²) in [6.07, 6.45) is 7.65. The number of aromatic nitrogens is 3. The number of carbonyl (C=O) groups is 1. The summed E-state index contributed by atoms with van der Waals surface area (Å²) < 4.78 is 12.2. The number of rotatable bonds is 11. The van der Waals surface area contributed by atoms with Crippen LogP contribution in [0.2, 0.25) is 18.1 Å². The second kappa shape index (κ2) is 11.7. The van der Waals surface area contributed by atoms with Crippen LogP contribution in [0.15, 0.2) is 41.1 Å². The van der Waals surface area contributed by atoms with E-state index in [0.29, 0.717) is 40.6 Å². The molecule has 0 unspecified atom stereocenters. The minimum Gasteiger partial charge on any atom is -0.508 e. The normalized spacial score (nSPS) is 12.3. The Morgan fingerprint density at radius 1 is 1.05 bits per heavy atom. The number of nitrogens with zero attached hydrogens (tertiary/aromatic N) is 3. The van der Waals surface area contributed by atoms with Crippen LogP contribution in [0.5, 0.6) is 5.75 Å². The van der Waals surface area contributed by atoms with Crippen molar-refractivity contribution in [1.29, 1.82) is 0 Å². The molecule has 0 saturated carbocycles. The maximum absolute atomic E-state index is 12.7. The van der Waals surface area contributed by atoms with Crippen LogP contribution < -0.4 is 10.6 Å². The first-order valence-electron chi connectivity index (χ1n) is 13.5. The number of aromatic hydroxyl groups is 1. The summed E-state index contributed by atoms with van der Waals surface area (Å²) in [6.45, 7) is 12.1. The summed E-state index contributed by atoms with van der Waals surface area (Å²) in [4.78, 5) is 26.1. The van der Waals surface area contributed by atoms with Crippen molar-refractivity contribution in [1.82, 2.24) is 15.0 Å². The van der Waals surface area contributed by atoms with Crippen LogP contribution in [0.3, 0.4) is 0 Å². The Morgan fingerprint density at radius 2 is 1.82 bits per heavy atom. The number of pyridine rings is 2. The van der Waals surface area contributed by atoms with Crippen LogP contribution in [-0.2, 0) is 9.22 Å². The second-order valence-corrected chi connectivity index (χ2v) is 16.2. The summed E-state index contributed by atoms with van der Waals surface area (Å²) in [5.74, 6) is 1.53. The van der Waals surface area contributed by atoms with E-state index in [9.17, 15) is 9.90 Å². The molecule has 0 aliphatic carbocycles. The van der Waals surface area contributed by atoms with Crippen LogP contribution in [-0.4, -0.2) is 47.9 Å². The number of phenols is 1. The Hall–Kier alpha value is -3.50. The van der Waals surface area contributed by atoms with Crippen molar-refractivity contribution in [3.63, 3.8) is 0 Å². The summed E-state index contributed by atoms with van der Waals surface area (Å²) in [5, 5.41) is 17.6. The van der Waals surface area contributed by atoms with E-state index in [1.54, 1.807) is 37.6 Å². The molecule has 0 radical (unpaired) electrons. The molecule has 4 aromatic rings. The number of fused-ring (bicyclic) bond motifs is 2. The molecule has 0 spiro atoms. The molecule has 0 saturated heterocycles. The van der Waals surface area contributed by atoms with Gasteiger partial charge in [-0.2, -0.15) is 0 Å². The highest BCUT2D eigenvalue weighted by Gasteiger charge is 2.36. The van der Waals surface area contributed by atoms with Crippen LogP contribution in [0.25, 0.3) is 33.3 Å². The first-order valence-corrected chi connectivity index (χ1v) is 16.4. The predicted molar refractivity (Wildman–Crippen MR) is 159 cm³/mol. The van der Waals surface area contributed by atoms with E-state index in [2.05, 4.69) is 59.5 Å². The largest absolute Gasteiger partial charge is 0.508 e. The van der Waals surface area contributed by atoms with Crippen molar-refractivity contribution < 1.29 is 18.7 Å².